The van der Waals surface area contributed by atoms with E-state index in [1.165, 1.54) is 21.1 Å². The maximum atomic E-state index is 13.2. The summed E-state index contributed by atoms with van der Waals surface area (Å²) in [7, 11) is 3.02. The van der Waals surface area contributed by atoms with Gasteiger partial charge in [0.1, 0.15) is 11.4 Å². The van der Waals surface area contributed by atoms with Crippen LogP contribution in [0.4, 0.5) is 11.4 Å². The van der Waals surface area contributed by atoms with Crippen molar-refractivity contribution in [2.24, 2.45) is 0 Å². The van der Waals surface area contributed by atoms with E-state index in [1.807, 2.05) is 6.07 Å². The summed E-state index contributed by atoms with van der Waals surface area (Å²) in [5.41, 5.74) is 2.51. The number of nitrogens with one attached hydrogen (secondary N) is 2. The van der Waals surface area contributed by atoms with Gasteiger partial charge in [-0.05, 0) is 30.3 Å². The molecule has 30 heavy (non-hydrogen) atoms. The highest BCUT2D eigenvalue weighted by Gasteiger charge is 2.50. The van der Waals surface area contributed by atoms with Crippen LogP contribution < -0.4 is 20.1 Å². The molecule has 0 radical (unpaired) electrons. The molecule has 0 spiro atoms. The van der Waals surface area contributed by atoms with Crippen LogP contribution in [0, 0.1) is 0 Å². The zero-order valence-corrected chi connectivity index (χ0v) is 17.5. The van der Waals surface area contributed by atoms with E-state index in [2.05, 4.69) is 10.6 Å². The van der Waals surface area contributed by atoms with Crippen molar-refractivity contribution in [3.63, 3.8) is 0 Å². The van der Waals surface area contributed by atoms with Crippen LogP contribution in [-0.2, 0) is 9.59 Å². The number of hydrogen-bond donors (Lipinski definition) is 2. The number of rotatable bonds is 5. The van der Waals surface area contributed by atoms with Crippen LogP contribution in [0.2, 0.25) is 0 Å². The first-order valence-electron chi connectivity index (χ1n) is 9.32. The summed E-state index contributed by atoms with van der Waals surface area (Å²) in [5.74, 6) is 0.708. The first-order chi connectivity index (χ1) is 14.4. The molecule has 1 saturated heterocycles. The molecule has 2 aliphatic heterocycles. The Morgan fingerprint density at radius 1 is 1.03 bits per heavy atom. The second-order valence-electron chi connectivity index (χ2n) is 6.93. The monoisotopic (exact) mass is 427 g/mol. The third-order valence-electron chi connectivity index (χ3n) is 5.07. The third-order valence-corrected chi connectivity index (χ3v) is 6.37. The maximum absolute atomic E-state index is 13.2. The molecule has 1 fully saturated rings. The number of amides is 3. The van der Waals surface area contributed by atoms with Crippen LogP contribution in [0.1, 0.15) is 28.2 Å². The van der Waals surface area contributed by atoms with Crippen molar-refractivity contribution < 1.29 is 23.9 Å². The molecule has 2 aliphatic rings. The molecule has 9 heteroatoms. The van der Waals surface area contributed by atoms with Gasteiger partial charge in [0.05, 0.1) is 19.8 Å². The largest absolute Gasteiger partial charge is 0.493 e. The quantitative estimate of drug-likeness (QED) is 0.762. The minimum atomic E-state index is -0.606. The molecule has 3 amide bonds. The van der Waals surface area contributed by atoms with Crippen molar-refractivity contribution in [1.29, 1.82) is 0 Å². The zero-order chi connectivity index (χ0) is 21.4. The summed E-state index contributed by atoms with van der Waals surface area (Å²) in [6, 6.07) is 9.85. The number of carbonyl (C=O) groups excluding carboxylic acids is 3. The van der Waals surface area contributed by atoms with Gasteiger partial charge in [-0.1, -0.05) is 6.07 Å². The minimum Gasteiger partial charge on any atom is -0.493 e. The van der Waals surface area contributed by atoms with Crippen LogP contribution >= 0.6 is 11.8 Å². The number of methoxy groups -OCH3 is 2. The highest BCUT2D eigenvalue weighted by Crippen LogP contribution is 2.52. The van der Waals surface area contributed by atoms with Gasteiger partial charge in [-0.3, -0.25) is 14.4 Å². The van der Waals surface area contributed by atoms with E-state index in [4.69, 9.17) is 9.47 Å². The molecule has 0 bridgehead atoms. The first-order valence-corrected chi connectivity index (χ1v) is 10.4. The maximum Gasteiger partial charge on any atom is 0.260 e. The van der Waals surface area contributed by atoms with Gasteiger partial charge in [-0.25, -0.2) is 0 Å². The molecule has 0 saturated carbocycles. The van der Waals surface area contributed by atoms with Gasteiger partial charge in [0, 0.05) is 29.6 Å². The van der Waals surface area contributed by atoms with Gasteiger partial charge in [0.2, 0.25) is 11.8 Å². The second-order valence-corrected chi connectivity index (χ2v) is 8.04. The summed E-state index contributed by atoms with van der Waals surface area (Å²) in [5, 5.41) is 5.31. The fraction of sp³-hybridized carbons (Fsp3) is 0.286. The first kappa shape index (κ1) is 20.1. The Kier molecular flexibility index (Phi) is 5.29. The van der Waals surface area contributed by atoms with Crippen molar-refractivity contribution in [3.05, 3.63) is 47.5 Å². The van der Waals surface area contributed by atoms with E-state index < -0.39 is 6.04 Å². The lowest BCUT2D eigenvalue weighted by Crippen LogP contribution is -2.42. The van der Waals surface area contributed by atoms with E-state index in [-0.39, 0.29) is 23.1 Å². The lowest BCUT2D eigenvalue weighted by molar-refractivity contribution is -0.119. The fourth-order valence-electron chi connectivity index (χ4n) is 3.76. The molecular weight excluding hydrogens is 406 g/mol. The van der Waals surface area contributed by atoms with Crippen LogP contribution in [-0.4, -0.2) is 48.6 Å². The van der Waals surface area contributed by atoms with Crippen molar-refractivity contribution in [2.45, 2.75) is 18.3 Å². The summed E-state index contributed by atoms with van der Waals surface area (Å²) >= 11 is 1.55. The van der Waals surface area contributed by atoms with Gasteiger partial charge >= 0.3 is 0 Å². The molecule has 2 unspecified atom stereocenters. The lowest BCUT2D eigenvalue weighted by atomic mass is 10.1. The average molecular weight is 427 g/mol. The smallest absolute Gasteiger partial charge is 0.260 e. The van der Waals surface area contributed by atoms with E-state index in [9.17, 15) is 14.4 Å². The predicted molar refractivity (Wildman–Crippen MR) is 114 cm³/mol. The molecule has 0 aromatic heterocycles. The number of fused-ring (bicyclic) bond motifs is 3. The number of carbonyl (C=O) groups is 3. The molecule has 2 aromatic carbocycles. The Morgan fingerprint density at radius 3 is 2.30 bits per heavy atom. The standard InChI is InChI=1S/C21H21N3O5S/c1-11(25)22-12-4-6-13(7-5-12)23-19(26)15-10-30-21-14-8-9-16(28-2)18(29-3)17(14)20(27)24(15)21/h4-9,15,21H,10H2,1-3H3,(H,22,25)(H,23,26). The average Bonchev–Trinajstić information content (AvgIpc) is 3.28. The highest BCUT2D eigenvalue weighted by molar-refractivity contribution is 7.99. The lowest BCUT2D eigenvalue weighted by Gasteiger charge is -2.22. The number of nitrogens with zero attached hydrogens (tertiary/aromatic N) is 1. The van der Waals surface area contributed by atoms with Gasteiger partial charge in [0.15, 0.2) is 11.5 Å². The van der Waals surface area contributed by atoms with Crippen molar-refractivity contribution in [2.75, 3.05) is 30.6 Å². The zero-order valence-electron chi connectivity index (χ0n) is 16.7. The molecule has 2 atom stereocenters. The highest BCUT2D eigenvalue weighted by atomic mass is 32.2. The molecule has 8 nitrogen and oxygen atoms in total. The number of anilines is 2. The molecule has 0 aliphatic carbocycles. The van der Waals surface area contributed by atoms with Crippen LogP contribution in [0.25, 0.3) is 0 Å². The Hall–Kier alpha value is -3.20. The molecule has 4 rings (SSSR count). The second kappa shape index (κ2) is 7.91. The summed E-state index contributed by atoms with van der Waals surface area (Å²) in [6.45, 7) is 1.43. The van der Waals surface area contributed by atoms with Crippen LogP contribution in [0.3, 0.4) is 0 Å². The number of thioether (sulfide) groups is 1. The topological polar surface area (TPSA) is 97.0 Å². The van der Waals surface area contributed by atoms with E-state index in [0.29, 0.717) is 34.2 Å². The molecule has 156 valence electrons. The Morgan fingerprint density at radius 2 is 1.70 bits per heavy atom. The summed E-state index contributed by atoms with van der Waals surface area (Å²) < 4.78 is 10.7. The van der Waals surface area contributed by atoms with Crippen molar-refractivity contribution >= 4 is 40.9 Å². The van der Waals surface area contributed by atoms with Crippen LogP contribution in [0.15, 0.2) is 36.4 Å². The number of hydrogen-bond acceptors (Lipinski definition) is 6. The fourth-order valence-corrected chi connectivity index (χ4v) is 5.22. The molecular formula is C21H21N3O5S. The molecule has 2 N–H and O–H groups in total. The minimum absolute atomic E-state index is 0.167. The van der Waals surface area contributed by atoms with E-state index in [1.54, 1.807) is 47.0 Å². The predicted octanol–water partition coefficient (Wildman–Crippen LogP) is 2.87. The van der Waals surface area contributed by atoms with Gasteiger partial charge in [-0.2, -0.15) is 0 Å². The van der Waals surface area contributed by atoms with Gasteiger partial charge < -0.3 is 25.0 Å². The summed E-state index contributed by atoms with van der Waals surface area (Å²) in [6.07, 6.45) is 0. The SMILES string of the molecule is COc1ccc2c(c1OC)C(=O)N1C(C(=O)Nc3ccc(NC(C)=O)cc3)CSC21. The Balaban J connectivity index is 1.54. The normalized spacial score (nSPS) is 19.2. The number of benzene rings is 2. The van der Waals surface area contributed by atoms with Crippen molar-refractivity contribution in [1.82, 2.24) is 4.90 Å². The van der Waals surface area contributed by atoms with Crippen molar-refractivity contribution in [3.8, 4) is 11.5 Å². The Bertz CT molecular complexity index is 1020. The van der Waals surface area contributed by atoms with Crippen LogP contribution in [0.5, 0.6) is 11.5 Å². The summed E-state index contributed by atoms with van der Waals surface area (Å²) in [4.78, 5) is 38.9. The molecule has 2 heterocycles. The molecule has 2 aromatic rings. The Labute approximate surface area is 177 Å². The van der Waals surface area contributed by atoms with Gasteiger partial charge in [-0.15, -0.1) is 11.8 Å². The van der Waals surface area contributed by atoms with E-state index >= 15 is 0 Å². The number of ether oxygens (including phenoxy) is 2. The van der Waals surface area contributed by atoms with Gasteiger partial charge in [0.25, 0.3) is 5.91 Å². The van der Waals surface area contributed by atoms with E-state index in [0.717, 1.165) is 5.56 Å². The third kappa shape index (κ3) is 3.35.